The van der Waals surface area contributed by atoms with Crippen molar-refractivity contribution in [1.82, 2.24) is 0 Å². The van der Waals surface area contributed by atoms with Gasteiger partial charge in [-0.25, -0.2) is 0 Å². The summed E-state index contributed by atoms with van der Waals surface area (Å²) in [6.07, 6.45) is 9.02. The fraction of sp³-hybridized carbons (Fsp3) is 0.692. The quantitative estimate of drug-likeness (QED) is 0.612. The van der Waals surface area contributed by atoms with Gasteiger partial charge in [0, 0.05) is 24.7 Å². The van der Waals surface area contributed by atoms with Crippen molar-refractivity contribution in [3.63, 3.8) is 0 Å². The lowest BCUT2D eigenvalue weighted by Crippen LogP contribution is -1.91. The molecule has 0 aromatic heterocycles. The SMILES string of the molecule is CCC1=C(N=CCCC(C)=NC)CCC1. The van der Waals surface area contributed by atoms with Gasteiger partial charge < -0.3 is 0 Å². The Morgan fingerprint density at radius 1 is 1.40 bits per heavy atom. The van der Waals surface area contributed by atoms with Crippen LogP contribution in [0.5, 0.6) is 0 Å². The Morgan fingerprint density at radius 3 is 2.87 bits per heavy atom. The van der Waals surface area contributed by atoms with Crippen LogP contribution in [0.25, 0.3) is 0 Å². The minimum Gasteiger partial charge on any atom is -0.298 e. The maximum Gasteiger partial charge on any atom is 0.0391 e. The van der Waals surface area contributed by atoms with Crippen LogP contribution in [0.4, 0.5) is 0 Å². The van der Waals surface area contributed by atoms with Gasteiger partial charge >= 0.3 is 0 Å². The van der Waals surface area contributed by atoms with E-state index in [1.165, 1.54) is 37.1 Å². The molecule has 0 unspecified atom stereocenters. The van der Waals surface area contributed by atoms with Crippen LogP contribution in [0.2, 0.25) is 0 Å². The minimum absolute atomic E-state index is 1.02. The van der Waals surface area contributed by atoms with Gasteiger partial charge in [-0.2, -0.15) is 0 Å². The summed E-state index contributed by atoms with van der Waals surface area (Å²) >= 11 is 0. The molecule has 0 atom stereocenters. The predicted octanol–water partition coefficient (Wildman–Crippen LogP) is 3.78. The van der Waals surface area contributed by atoms with Crippen LogP contribution < -0.4 is 0 Å². The molecule has 2 heteroatoms. The molecule has 0 heterocycles. The van der Waals surface area contributed by atoms with E-state index in [-0.39, 0.29) is 0 Å². The molecule has 0 fully saturated rings. The molecule has 1 aliphatic carbocycles. The first-order valence-electron chi connectivity index (χ1n) is 5.93. The summed E-state index contributed by atoms with van der Waals surface area (Å²) in [7, 11) is 1.85. The van der Waals surface area contributed by atoms with Gasteiger partial charge in [0.05, 0.1) is 0 Å². The highest BCUT2D eigenvalue weighted by molar-refractivity contribution is 5.83. The largest absolute Gasteiger partial charge is 0.298 e. The molecule has 2 nitrogen and oxygen atoms in total. The molecule has 0 bridgehead atoms. The number of rotatable bonds is 5. The number of aliphatic imine (C=N–C) groups is 2. The third-order valence-corrected chi connectivity index (χ3v) is 2.99. The molecular weight excluding hydrogens is 184 g/mol. The van der Waals surface area contributed by atoms with E-state index in [1.54, 1.807) is 5.57 Å². The zero-order valence-electron chi connectivity index (χ0n) is 10.2. The van der Waals surface area contributed by atoms with Crippen LogP contribution in [0.15, 0.2) is 21.3 Å². The van der Waals surface area contributed by atoms with E-state index in [2.05, 4.69) is 30.0 Å². The van der Waals surface area contributed by atoms with Gasteiger partial charge in [0.15, 0.2) is 0 Å². The van der Waals surface area contributed by atoms with Gasteiger partial charge in [-0.1, -0.05) is 6.92 Å². The second kappa shape index (κ2) is 6.54. The first-order valence-corrected chi connectivity index (χ1v) is 5.93. The Balaban J connectivity index is 2.37. The van der Waals surface area contributed by atoms with Crippen LogP contribution >= 0.6 is 0 Å². The van der Waals surface area contributed by atoms with E-state index in [0.29, 0.717) is 0 Å². The summed E-state index contributed by atoms with van der Waals surface area (Å²) in [5, 5.41) is 0. The molecule has 0 spiro atoms. The van der Waals surface area contributed by atoms with Crippen LogP contribution in [-0.4, -0.2) is 19.0 Å². The molecule has 1 aliphatic rings. The standard InChI is InChI=1S/C13H22N2/c1-4-12-8-5-9-13(12)15-10-6-7-11(2)14-3/h10H,4-9H2,1-3H3. The predicted molar refractivity (Wildman–Crippen MR) is 67.9 cm³/mol. The smallest absolute Gasteiger partial charge is 0.0391 e. The van der Waals surface area contributed by atoms with Gasteiger partial charge in [0.2, 0.25) is 0 Å². The molecule has 0 saturated heterocycles. The normalized spacial score (nSPS) is 18.2. The van der Waals surface area contributed by atoms with Gasteiger partial charge in [0.25, 0.3) is 0 Å². The lowest BCUT2D eigenvalue weighted by atomic mass is 10.2. The molecule has 84 valence electrons. The lowest BCUT2D eigenvalue weighted by molar-refractivity contribution is 0.872. The number of nitrogens with zero attached hydrogens (tertiary/aromatic N) is 2. The van der Waals surface area contributed by atoms with Gasteiger partial charge in [0.1, 0.15) is 0 Å². The third kappa shape index (κ3) is 3.98. The van der Waals surface area contributed by atoms with Crippen molar-refractivity contribution >= 4 is 11.9 Å². The summed E-state index contributed by atoms with van der Waals surface area (Å²) in [6, 6.07) is 0. The minimum atomic E-state index is 1.02. The molecule has 0 saturated carbocycles. The van der Waals surface area contributed by atoms with E-state index < -0.39 is 0 Å². The van der Waals surface area contributed by atoms with Crippen LogP contribution in [0, 0.1) is 0 Å². The average molecular weight is 206 g/mol. The van der Waals surface area contributed by atoms with Crippen LogP contribution in [-0.2, 0) is 0 Å². The first kappa shape index (κ1) is 12.2. The van der Waals surface area contributed by atoms with Crippen LogP contribution in [0.3, 0.4) is 0 Å². The maximum atomic E-state index is 4.58. The molecular formula is C13H22N2. The fourth-order valence-electron chi connectivity index (χ4n) is 1.89. The highest BCUT2D eigenvalue weighted by atomic mass is 14.7. The molecule has 0 aromatic carbocycles. The van der Waals surface area contributed by atoms with Crippen molar-refractivity contribution in [2.24, 2.45) is 9.98 Å². The highest BCUT2D eigenvalue weighted by Gasteiger charge is 2.10. The van der Waals surface area contributed by atoms with Gasteiger partial charge in [-0.05, 0) is 51.0 Å². The van der Waals surface area contributed by atoms with Crippen LogP contribution in [0.1, 0.15) is 52.4 Å². The molecule has 0 aromatic rings. The maximum absolute atomic E-state index is 4.58. The zero-order valence-corrected chi connectivity index (χ0v) is 10.2. The Bertz CT molecular complexity index is 285. The lowest BCUT2D eigenvalue weighted by Gasteiger charge is -1.98. The second-order valence-corrected chi connectivity index (χ2v) is 4.07. The zero-order chi connectivity index (χ0) is 11.1. The number of hydrogen-bond acceptors (Lipinski definition) is 2. The monoisotopic (exact) mass is 206 g/mol. The average Bonchev–Trinajstić information content (AvgIpc) is 2.71. The Kier molecular flexibility index (Phi) is 5.30. The van der Waals surface area contributed by atoms with E-state index in [1.807, 2.05) is 7.05 Å². The van der Waals surface area contributed by atoms with E-state index in [4.69, 9.17) is 0 Å². The van der Waals surface area contributed by atoms with Crippen molar-refractivity contribution < 1.29 is 0 Å². The number of hydrogen-bond donors (Lipinski definition) is 0. The molecule has 15 heavy (non-hydrogen) atoms. The Morgan fingerprint density at radius 2 is 2.20 bits per heavy atom. The van der Waals surface area contributed by atoms with Crippen molar-refractivity contribution in [2.75, 3.05) is 7.05 Å². The Hall–Kier alpha value is -0.920. The number of allylic oxidation sites excluding steroid dienone is 2. The molecule has 0 N–H and O–H groups in total. The summed E-state index contributed by atoms with van der Waals surface area (Å²) in [5.41, 5.74) is 4.12. The van der Waals surface area contributed by atoms with E-state index in [0.717, 1.165) is 12.8 Å². The summed E-state index contributed by atoms with van der Waals surface area (Å²) in [6.45, 7) is 4.30. The summed E-state index contributed by atoms with van der Waals surface area (Å²) < 4.78 is 0. The summed E-state index contributed by atoms with van der Waals surface area (Å²) in [5.74, 6) is 0. The second-order valence-electron chi connectivity index (χ2n) is 4.07. The molecule has 1 rings (SSSR count). The van der Waals surface area contributed by atoms with Crippen molar-refractivity contribution in [1.29, 1.82) is 0 Å². The van der Waals surface area contributed by atoms with Gasteiger partial charge in [-0.3, -0.25) is 9.98 Å². The van der Waals surface area contributed by atoms with E-state index in [9.17, 15) is 0 Å². The van der Waals surface area contributed by atoms with Crippen molar-refractivity contribution in [3.05, 3.63) is 11.3 Å². The fourth-order valence-corrected chi connectivity index (χ4v) is 1.89. The van der Waals surface area contributed by atoms with E-state index >= 15 is 0 Å². The molecule has 0 radical (unpaired) electrons. The molecule has 0 aliphatic heterocycles. The van der Waals surface area contributed by atoms with Crippen molar-refractivity contribution in [3.8, 4) is 0 Å². The third-order valence-electron chi connectivity index (χ3n) is 2.99. The molecule has 0 amide bonds. The highest BCUT2D eigenvalue weighted by Crippen LogP contribution is 2.28. The first-order chi connectivity index (χ1) is 7.27. The van der Waals surface area contributed by atoms with Crippen molar-refractivity contribution in [2.45, 2.75) is 52.4 Å². The van der Waals surface area contributed by atoms with Gasteiger partial charge in [-0.15, -0.1) is 0 Å². The Labute approximate surface area is 93.2 Å². The topological polar surface area (TPSA) is 24.7 Å². The summed E-state index contributed by atoms with van der Waals surface area (Å²) in [4.78, 5) is 8.71.